The Morgan fingerprint density at radius 3 is 2.29 bits per heavy atom. The van der Waals surface area contributed by atoms with Gasteiger partial charge in [-0.05, 0) is 79.4 Å². The molecule has 0 amide bonds. The molecule has 6 rings (SSSR count). The molecule has 3 aromatic carbocycles. The van der Waals surface area contributed by atoms with E-state index in [1.54, 1.807) is 48.7 Å². The molecule has 45 heavy (non-hydrogen) atoms. The van der Waals surface area contributed by atoms with Gasteiger partial charge in [-0.1, -0.05) is 41.9 Å². The van der Waals surface area contributed by atoms with Gasteiger partial charge in [0, 0.05) is 28.4 Å². The molecule has 0 saturated heterocycles. The summed E-state index contributed by atoms with van der Waals surface area (Å²) in [5.41, 5.74) is 0.895. The highest BCUT2D eigenvalue weighted by Crippen LogP contribution is 2.37. The van der Waals surface area contributed by atoms with Crippen molar-refractivity contribution in [2.24, 2.45) is 5.92 Å². The van der Waals surface area contributed by atoms with E-state index < -0.39 is 23.6 Å². The molecule has 0 N–H and O–H groups in total. The van der Waals surface area contributed by atoms with Crippen LogP contribution in [-0.4, -0.2) is 40.2 Å². The third kappa shape index (κ3) is 6.46. The van der Waals surface area contributed by atoms with Gasteiger partial charge >= 0.3 is 12.1 Å². The molecule has 0 bridgehead atoms. The maximum Gasteiger partial charge on any atom is 0.433 e. The Bertz CT molecular complexity index is 1850. The highest BCUT2D eigenvalue weighted by Gasteiger charge is 2.37. The van der Waals surface area contributed by atoms with Crippen LogP contribution in [0.4, 0.5) is 24.5 Å². The summed E-state index contributed by atoms with van der Waals surface area (Å²) < 4.78 is 48.0. The first-order chi connectivity index (χ1) is 21.6. The largest absolute Gasteiger partial charge is 0.465 e. The van der Waals surface area contributed by atoms with Crippen molar-refractivity contribution in [3.63, 3.8) is 0 Å². The molecule has 2 aromatic heterocycles. The highest BCUT2D eigenvalue weighted by molar-refractivity contribution is 6.30. The van der Waals surface area contributed by atoms with Gasteiger partial charge in [0.2, 0.25) is 5.78 Å². The maximum absolute atomic E-state index is 14.1. The molecule has 1 aliphatic carbocycles. The predicted octanol–water partition coefficient (Wildman–Crippen LogP) is 8.17. The lowest BCUT2D eigenvalue weighted by Gasteiger charge is -2.25. The van der Waals surface area contributed by atoms with Crippen molar-refractivity contribution >= 4 is 34.7 Å². The minimum atomic E-state index is -4.78. The molecule has 7 nitrogen and oxygen atoms in total. The lowest BCUT2D eigenvalue weighted by Crippen LogP contribution is -2.20. The number of anilines is 2. The summed E-state index contributed by atoms with van der Waals surface area (Å²) in [6.07, 6.45) is -0.899. The SMILES string of the molecule is COC(=O)c1cc(C(=O)c2ccc(N(CC3CC3)c3ccc(Cl)cc3)cn2)ccc1-n1nc(-c2ccccc2)cc1C(F)(F)F. The molecule has 1 fully saturated rings. The number of esters is 1. The summed E-state index contributed by atoms with van der Waals surface area (Å²) >= 11 is 6.08. The number of halogens is 4. The zero-order chi connectivity index (χ0) is 31.7. The third-order valence-electron chi connectivity index (χ3n) is 7.53. The number of carbonyl (C=O) groups excluding carboxylic acids is 2. The summed E-state index contributed by atoms with van der Waals surface area (Å²) in [6, 6.07) is 23.9. The summed E-state index contributed by atoms with van der Waals surface area (Å²) in [5.74, 6) is -0.875. The number of hydrogen-bond donors (Lipinski definition) is 0. The van der Waals surface area contributed by atoms with Crippen LogP contribution in [0.3, 0.4) is 0 Å². The molecular formula is C34H26ClF3N4O3. The van der Waals surface area contributed by atoms with Gasteiger partial charge in [-0.15, -0.1) is 0 Å². The number of benzene rings is 3. The second-order valence-electron chi connectivity index (χ2n) is 10.7. The fraction of sp³-hybridized carbons (Fsp3) is 0.176. The minimum absolute atomic E-state index is 0.0518. The second kappa shape index (κ2) is 12.2. The number of ketones is 1. The number of alkyl halides is 3. The van der Waals surface area contributed by atoms with E-state index in [9.17, 15) is 22.8 Å². The summed E-state index contributed by atoms with van der Waals surface area (Å²) in [6.45, 7) is 0.792. The topological polar surface area (TPSA) is 77.3 Å². The van der Waals surface area contributed by atoms with E-state index in [4.69, 9.17) is 16.3 Å². The van der Waals surface area contributed by atoms with Crippen molar-refractivity contribution in [3.8, 4) is 16.9 Å². The van der Waals surface area contributed by atoms with Gasteiger partial charge in [-0.25, -0.2) is 9.48 Å². The Hall–Kier alpha value is -4.96. The Morgan fingerprint density at radius 2 is 1.67 bits per heavy atom. The normalized spacial score (nSPS) is 13.0. The van der Waals surface area contributed by atoms with Gasteiger partial charge in [0.15, 0.2) is 0 Å². The van der Waals surface area contributed by atoms with Crippen LogP contribution in [0, 0.1) is 5.92 Å². The maximum atomic E-state index is 14.1. The monoisotopic (exact) mass is 630 g/mol. The number of aromatic nitrogens is 3. The van der Waals surface area contributed by atoms with E-state index in [0.717, 1.165) is 43.9 Å². The lowest BCUT2D eigenvalue weighted by atomic mass is 10.0. The average Bonchev–Trinajstić information content (AvgIpc) is 3.76. The van der Waals surface area contributed by atoms with Crippen molar-refractivity contribution in [3.05, 3.63) is 125 Å². The smallest absolute Gasteiger partial charge is 0.433 e. The van der Waals surface area contributed by atoms with E-state index in [1.807, 2.05) is 24.3 Å². The average molecular weight is 631 g/mol. The number of hydrogen-bond acceptors (Lipinski definition) is 6. The van der Waals surface area contributed by atoms with Crippen molar-refractivity contribution in [2.75, 3.05) is 18.6 Å². The van der Waals surface area contributed by atoms with E-state index in [0.29, 0.717) is 21.2 Å². The molecule has 0 spiro atoms. The molecule has 0 aliphatic heterocycles. The van der Waals surface area contributed by atoms with Crippen molar-refractivity contribution in [1.82, 2.24) is 14.8 Å². The molecule has 5 aromatic rings. The number of pyridine rings is 1. The fourth-order valence-corrected chi connectivity index (χ4v) is 5.15. The molecule has 228 valence electrons. The summed E-state index contributed by atoms with van der Waals surface area (Å²) in [7, 11) is 1.11. The van der Waals surface area contributed by atoms with E-state index in [1.165, 1.54) is 18.2 Å². The van der Waals surface area contributed by atoms with Crippen LogP contribution >= 0.6 is 11.6 Å². The van der Waals surface area contributed by atoms with E-state index in [-0.39, 0.29) is 28.2 Å². The van der Waals surface area contributed by atoms with Crippen LogP contribution in [0.25, 0.3) is 16.9 Å². The Morgan fingerprint density at radius 1 is 0.956 bits per heavy atom. The number of rotatable bonds is 9. The van der Waals surface area contributed by atoms with Crippen LogP contribution in [0.2, 0.25) is 5.02 Å². The van der Waals surface area contributed by atoms with Crippen LogP contribution in [0.15, 0.2) is 97.2 Å². The molecule has 1 aliphatic rings. The third-order valence-corrected chi connectivity index (χ3v) is 7.78. The Balaban J connectivity index is 1.34. The van der Waals surface area contributed by atoms with Crippen LogP contribution in [-0.2, 0) is 10.9 Å². The summed E-state index contributed by atoms with van der Waals surface area (Å²) in [4.78, 5) is 32.9. The minimum Gasteiger partial charge on any atom is -0.465 e. The second-order valence-corrected chi connectivity index (χ2v) is 11.1. The van der Waals surface area contributed by atoms with Crippen LogP contribution in [0.5, 0.6) is 0 Å². The van der Waals surface area contributed by atoms with Gasteiger partial charge < -0.3 is 9.64 Å². The molecule has 11 heteroatoms. The first-order valence-corrected chi connectivity index (χ1v) is 14.5. The van der Waals surface area contributed by atoms with Crippen molar-refractivity contribution < 1.29 is 27.5 Å². The summed E-state index contributed by atoms with van der Waals surface area (Å²) in [5, 5.41) is 4.81. The molecule has 0 unspecified atom stereocenters. The quantitative estimate of drug-likeness (QED) is 0.121. The molecular weight excluding hydrogens is 605 g/mol. The molecule has 2 heterocycles. The van der Waals surface area contributed by atoms with E-state index >= 15 is 0 Å². The Kier molecular flexibility index (Phi) is 8.16. The lowest BCUT2D eigenvalue weighted by molar-refractivity contribution is -0.142. The van der Waals surface area contributed by atoms with Crippen molar-refractivity contribution in [2.45, 2.75) is 19.0 Å². The molecule has 0 radical (unpaired) electrons. The van der Waals surface area contributed by atoms with Gasteiger partial charge in [0.05, 0.1) is 35.9 Å². The van der Waals surface area contributed by atoms with Crippen LogP contribution in [0.1, 0.15) is 44.9 Å². The zero-order valence-electron chi connectivity index (χ0n) is 24.0. The van der Waals surface area contributed by atoms with Gasteiger partial charge in [0.1, 0.15) is 11.4 Å². The van der Waals surface area contributed by atoms with Gasteiger partial charge in [0.25, 0.3) is 0 Å². The number of nitrogens with zero attached hydrogens (tertiary/aromatic N) is 4. The number of carbonyl (C=O) groups is 2. The van der Waals surface area contributed by atoms with Gasteiger partial charge in [-0.3, -0.25) is 9.78 Å². The van der Waals surface area contributed by atoms with Crippen LogP contribution < -0.4 is 4.90 Å². The first kappa shape index (κ1) is 30.1. The Labute approximate surface area is 261 Å². The molecule has 0 atom stereocenters. The highest BCUT2D eigenvalue weighted by atomic mass is 35.5. The van der Waals surface area contributed by atoms with E-state index in [2.05, 4.69) is 15.0 Å². The van der Waals surface area contributed by atoms with Gasteiger partial charge in [-0.2, -0.15) is 18.3 Å². The number of ether oxygens (including phenoxy) is 1. The zero-order valence-corrected chi connectivity index (χ0v) is 24.7. The first-order valence-electron chi connectivity index (χ1n) is 14.1. The number of methoxy groups -OCH3 is 1. The van der Waals surface area contributed by atoms with Crippen molar-refractivity contribution in [1.29, 1.82) is 0 Å². The molecule has 1 saturated carbocycles. The predicted molar refractivity (Wildman–Crippen MR) is 164 cm³/mol. The standard InChI is InChI=1S/C34H26ClF3N4O3/c1-45-33(44)27-17-23(9-16-30(27)42-31(34(36,37)38)18-29(40-42)22-5-3-2-4-6-22)32(43)28-15-14-26(19-39-28)41(20-21-7-8-21)25-12-10-24(35)11-13-25/h2-6,9-19,21H,7-8,20H2,1H3. The fourth-order valence-electron chi connectivity index (χ4n) is 5.02.